The number of urea groups is 1. The largest absolute Gasteiger partial charge is 0.325 e. The smallest absolute Gasteiger partial charge is 0.323 e. The van der Waals surface area contributed by atoms with E-state index in [1.54, 1.807) is 24.3 Å². The third kappa shape index (κ3) is 2.26. The molecule has 1 spiro atoms. The highest BCUT2D eigenvalue weighted by Crippen LogP contribution is 2.38. The monoisotopic (exact) mass is 355 g/mol. The van der Waals surface area contributed by atoms with Gasteiger partial charge in [0.2, 0.25) is 0 Å². The molecule has 4 rings (SSSR count). The van der Waals surface area contributed by atoms with Crippen molar-refractivity contribution in [1.29, 1.82) is 0 Å². The maximum atomic E-state index is 12.9. The minimum atomic E-state index is -0.822. The lowest BCUT2D eigenvalue weighted by molar-refractivity contribution is -0.134. The molecule has 1 saturated carbocycles. The third-order valence-corrected chi connectivity index (χ3v) is 5.93. The second-order valence-electron chi connectivity index (χ2n) is 7.31. The molecule has 1 aliphatic carbocycles. The predicted octanol–water partition coefficient (Wildman–Crippen LogP) is 1.78. The van der Waals surface area contributed by atoms with E-state index in [1.165, 1.54) is 0 Å². The van der Waals surface area contributed by atoms with Crippen molar-refractivity contribution in [3.8, 4) is 0 Å². The Morgan fingerprint density at radius 2 is 1.62 bits per heavy atom. The zero-order valence-corrected chi connectivity index (χ0v) is 14.7. The van der Waals surface area contributed by atoms with Gasteiger partial charge >= 0.3 is 6.03 Å². The van der Waals surface area contributed by atoms with E-state index in [0.29, 0.717) is 17.5 Å². The van der Waals surface area contributed by atoms with E-state index in [2.05, 4.69) is 5.32 Å². The van der Waals surface area contributed by atoms with Crippen LogP contribution in [-0.2, 0) is 4.79 Å². The van der Waals surface area contributed by atoms with Crippen molar-refractivity contribution in [1.82, 2.24) is 15.1 Å². The summed E-state index contributed by atoms with van der Waals surface area (Å²) in [4.78, 5) is 52.5. The molecule has 2 heterocycles. The van der Waals surface area contributed by atoms with Crippen LogP contribution in [0.3, 0.4) is 0 Å². The van der Waals surface area contributed by atoms with Crippen molar-refractivity contribution in [3.63, 3.8) is 0 Å². The fourth-order valence-electron chi connectivity index (χ4n) is 4.34. The highest BCUT2D eigenvalue weighted by Gasteiger charge is 2.54. The molecule has 0 aromatic heterocycles. The number of amides is 5. The Morgan fingerprint density at radius 3 is 2.23 bits per heavy atom. The molecule has 136 valence electrons. The first-order valence-corrected chi connectivity index (χ1v) is 9.05. The van der Waals surface area contributed by atoms with Crippen molar-refractivity contribution < 1.29 is 19.2 Å². The first-order chi connectivity index (χ1) is 12.5. The normalized spacial score (nSPS) is 28.1. The standard InChI is InChI=1S/C19H21N3O4/c1-12-6-4-5-9-19(12)17(25)22(18(26)20-19)11-10-21-15(23)13-7-2-3-8-14(13)16(21)24/h2-3,7-8,12H,4-6,9-11H2,1H3,(H,20,26)/t12-,19-/m1/s1. The molecule has 2 aliphatic heterocycles. The Labute approximate surface area is 151 Å². The highest BCUT2D eigenvalue weighted by atomic mass is 16.2. The van der Waals surface area contributed by atoms with Crippen molar-refractivity contribution in [2.24, 2.45) is 5.92 Å². The van der Waals surface area contributed by atoms with Gasteiger partial charge in [-0.1, -0.05) is 31.9 Å². The van der Waals surface area contributed by atoms with Gasteiger partial charge in [-0.2, -0.15) is 0 Å². The summed E-state index contributed by atoms with van der Waals surface area (Å²) in [5, 5.41) is 2.88. The molecule has 0 bridgehead atoms. The van der Waals surface area contributed by atoms with Crippen LogP contribution in [0.25, 0.3) is 0 Å². The molecule has 0 unspecified atom stereocenters. The van der Waals surface area contributed by atoms with E-state index in [0.717, 1.165) is 29.1 Å². The van der Waals surface area contributed by atoms with Crippen LogP contribution >= 0.6 is 0 Å². The lowest BCUT2D eigenvalue weighted by atomic mass is 9.73. The van der Waals surface area contributed by atoms with E-state index in [9.17, 15) is 19.2 Å². The Morgan fingerprint density at radius 1 is 1.00 bits per heavy atom. The van der Waals surface area contributed by atoms with Gasteiger partial charge in [0.25, 0.3) is 17.7 Å². The fraction of sp³-hybridized carbons (Fsp3) is 0.474. The average molecular weight is 355 g/mol. The van der Waals surface area contributed by atoms with Crippen LogP contribution in [0.15, 0.2) is 24.3 Å². The molecule has 26 heavy (non-hydrogen) atoms. The summed E-state index contributed by atoms with van der Waals surface area (Å²) >= 11 is 0. The number of carbonyl (C=O) groups excluding carboxylic acids is 4. The molecular weight excluding hydrogens is 334 g/mol. The first-order valence-electron chi connectivity index (χ1n) is 9.05. The zero-order chi connectivity index (χ0) is 18.5. The summed E-state index contributed by atoms with van der Waals surface area (Å²) in [6, 6.07) is 6.21. The van der Waals surface area contributed by atoms with E-state index in [-0.39, 0.29) is 36.7 Å². The average Bonchev–Trinajstić information content (AvgIpc) is 3.02. The summed E-state index contributed by atoms with van der Waals surface area (Å²) in [7, 11) is 0. The quantitative estimate of drug-likeness (QED) is 0.661. The van der Waals surface area contributed by atoms with Crippen molar-refractivity contribution >= 4 is 23.8 Å². The van der Waals surface area contributed by atoms with Gasteiger partial charge in [0, 0.05) is 13.1 Å². The van der Waals surface area contributed by atoms with Gasteiger partial charge < -0.3 is 5.32 Å². The van der Waals surface area contributed by atoms with Crippen LogP contribution in [0.1, 0.15) is 53.3 Å². The van der Waals surface area contributed by atoms with Crippen molar-refractivity contribution in [3.05, 3.63) is 35.4 Å². The van der Waals surface area contributed by atoms with Crippen LogP contribution in [0.2, 0.25) is 0 Å². The van der Waals surface area contributed by atoms with Crippen molar-refractivity contribution in [2.45, 2.75) is 38.1 Å². The Bertz CT molecular complexity index is 786. The van der Waals surface area contributed by atoms with Crippen LogP contribution in [0.5, 0.6) is 0 Å². The molecule has 1 N–H and O–H groups in total. The van der Waals surface area contributed by atoms with E-state index in [1.807, 2.05) is 6.92 Å². The first kappa shape index (κ1) is 16.8. The van der Waals surface area contributed by atoms with Crippen LogP contribution in [-0.4, -0.2) is 52.2 Å². The fourth-order valence-corrected chi connectivity index (χ4v) is 4.34. The molecule has 0 radical (unpaired) electrons. The molecule has 2 fully saturated rings. The highest BCUT2D eigenvalue weighted by molar-refractivity contribution is 6.21. The number of fused-ring (bicyclic) bond motifs is 1. The predicted molar refractivity (Wildman–Crippen MR) is 92.4 cm³/mol. The van der Waals surface area contributed by atoms with Gasteiger partial charge in [0.05, 0.1) is 11.1 Å². The lowest BCUT2D eigenvalue weighted by Gasteiger charge is -2.36. The molecule has 1 aromatic rings. The van der Waals surface area contributed by atoms with E-state index < -0.39 is 11.6 Å². The number of nitrogens with zero attached hydrogens (tertiary/aromatic N) is 2. The Hall–Kier alpha value is -2.70. The van der Waals surface area contributed by atoms with E-state index >= 15 is 0 Å². The number of imide groups is 2. The molecule has 7 heteroatoms. The Kier molecular flexibility index (Phi) is 3.82. The maximum absolute atomic E-state index is 12.9. The molecule has 1 saturated heterocycles. The van der Waals surface area contributed by atoms with Gasteiger partial charge in [-0.15, -0.1) is 0 Å². The van der Waals surface area contributed by atoms with Gasteiger partial charge in [-0.25, -0.2) is 4.79 Å². The molecule has 3 aliphatic rings. The number of benzene rings is 1. The summed E-state index contributed by atoms with van der Waals surface area (Å²) in [5.41, 5.74) is -0.0868. The Balaban J connectivity index is 1.49. The maximum Gasteiger partial charge on any atom is 0.325 e. The second kappa shape index (κ2) is 5.93. The summed E-state index contributed by atoms with van der Waals surface area (Å²) in [6.45, 7) is 2.02. The molecule has 5 amide bonds. The van der Waals surface area contributed by atoms with E-state index in [4.69, 9.17) is 0 Å². The number of carbonyl (C=O) groups is 4. The summed E-state index contributed by atoms with van der Waals surface area (Å²) < 4.78 is 0. The van der Waals surface area contributed by atoms with Gasteiger partial charge in [0.15, 0.2) is 0 Å². The van der Waals surface area contributed by atoms with Gasteiger partial charge in [-0.3, -0.25) is 24.2 Å². The number of rotatable bonds is 3. The minimum absolute atomic E-state index is 0.00989. The topological polar surface area (TPSA) is 86.8 Å². The molecular formula is C19H21N3O4. The SMILES string of the molecule is C[C@@H]1CCCC[C@@]12NC(=O)N(CCN1C(=O)c3ccccc3C1=O)C2=O. The number of hydrogen-bond acceptors (Lipinski definition) is 4. The molecule has 2 atom stereocenters. The zero-order valence-electron chi connectivity index (χ0n) is 14.7. The van der Waals surface area contributed by atoms with Crippen LogP contribution in [0.4, 0.5) is 4.79 Å². The summed E-state index contributed by atoms with van der Waals surface area (Å²) in [5.74, 6) is -0.903. The van der Waals surface area contributed by atoms with Crippen LogP contribution in [0, 0.1) is 5.92 Å². The summed E-state index contributed by atoms with van der Waals surface area (Å²) in [6.07, 6.45) is 3.50. The van der Waals surface area contributed by atoms with Crippen LogP contribution < -0.4 is 5.32 Å². The number of hydrogen-bond donors (Lipinski definition) is 1. The molecule has 7 nitrogen and oxygen atoms in total. The second-order valence-corrected chi connectivity index (χ2v) is 7.31. The van der Waals surface area contributed by atoms with Gasteiger partial charge in [0.1, 0.15) is 5.54 Å². The van der Waals surface area contributed by atoms with Crippen molar-refractivity contribution in [2.75, 3.05) is 13.1 Å². The molecule has 1 aromatic carbocycles. The minimum Gasteiger partial charge on any atom is -0.323 e. The number of nitrogens with one attached hydrogen (secondary N) is 1. The lowest BCUT2D eigenvalue weighted by Crippen LogP contribution is -2.54. The van der Waals surface area contributed by atoms with Gasteiger partial charge in [-0.05, 0) is 30.9 Å². The third-order valence-electron chi connectivity index (χ3n) is 5.93.